The van der Waals surface area contributed by atoms with Crippen LogP contribution in [0.1, 0.15) is 0 Å². The molecule has 0 amide bonds. The van der Waals surface area contributed by atoms with E-state index in [1.54, 1.807) is 0 Å². The van der Waals surface area contributed by atoms with Gasteiger partial charge >= 0.3 is 0 Å². The second-order valence-corrected chi connectivity index (χ2v) is 4.45. The molecule has 1 rings (SSSR count). The number of rotatable bonds is 3. The molecule has 0 aromatic heterocycles. The Morgan fingerprint density at radius 2 is 1.81 bits per heavy atom. The fourth-order valence-electron chi connectivity index (χ4n) is 0.879. The van der Waals surface area contributed by atoms with Crippen LogP contribution in [0.25, 0.3) is 0 Å². The van der Waals surface area contributed by atoms with Gasteiger partial charge in [0.05, 0.1) is 4.90 Å². The minimum atomic E-state index is -4.97. The zero-order valence-electron chi connectivity index (χ0n) is 7.32. The first-order valence-corrected chi connectivity index (χ1v) is 5.92. The zero-order valence-corrected chi connectivity index (χ0v) is 8.95. The van der Waals surface area contributed by atoms with E-state index >= 15 is 0 Å². The highest BCUT2D eigenvalue weighted by atomic mass is 32.2. The van der Waals surface area contributed by atoms with Crippen molar-refractivity contribution in [1.29, 1.82) is 0 Å². The minimum Gasteiger partial charge on any atom is -0.744 e. The number of hydrogen-bond donors (Lipinski definition) is 2. The summed E-state index contributed by atoms with van der Waals surface area (Å²) in [4.78, 5) is -1.07. The molecular formula is C6H4O8S2-2. The number of aromatic hydroxyl groups is 2. The Balaban J connectivity index is 3.33. The van der Waals surface area contributed by atoms with Gasteiger partial charge in [0.15, 0.2) is 11.5 Å². The number of hydrogen-bond acceptors (Lipinski definition) is 8. The summed E-state index contributed by atoms with van der Waals surface area (Å²) in [6, 6.07) is 0.885. The van der Waals surface area contributed by atoms with Gasteiger partial charge in [-0.15, -0.1) is 0 Å². The van der Waals surface area contributed by atoms with Crippen molar-refractivity contribution in [2.75, 3.05) is 0 Å². The average molecular weight is 268 g/mol. The lowest BCUT2D eigenvalue weighted by Gasteiger charge is -2.13. The SMILES string of the molecule is O=S([O-])Oc1cc(O)c(S(=O)(=O)[O-])cc1O. The van der Waals surface area contributed by atoms with Crippen molar-refractivity contribution < 1.29 is 36.1 Å². The Kier molecular flexibility index (Phi) is 3.38. The first kappa shape index (κ1) is 12.7. The molecule has 1 atom stereocenters. The number of phenols is 2. The predicted octanol–water partition coefficient (Wildman–Crippen LogP) is -0.825. The topological polar surface area (TPSA) is 147 Å². The Hall–Kier alpha value is -1.36. The van der Waals surface area contributed by atoms with Crippen LogP contribution in [0.4, 0.5) is 0 Å². The molecule has 0 heterocycles. The normalized spacial score (nSPS) is 13.4. The molecule has 0 aliphatic heterocycles. The van der Waals surface area contributed by atoms with Gasteiger partial charge in [0.2, 0.25) is 0 Å². The third-order valence-electron chi connectivity index (χ3n) is 1.47. The maximum absolute atomic E-state index is 10.6. The van der Waals surface area contributed by atoms with E-state index in [0.29, 0.717) is 12.1 Å². The second-order valence-electron chi connectivity index (χ2n) is 2.53. The van der Waals surface area contributed by atoms with Crippen LogP contribution in [0.2, 0.25) is 0 Å². The monoisotopic (exact) mass is 268 g/mol. The summed E-state index contributed by atoms with van der Waals surface area (Å²) in [7, 11) is -4.97. The fraction of sp³-hybridized carbons (Fsp3) is 0. The quantitative estimate of drug-likeness (QED) is 0.410. The summed E-state index contributed by atoms with van der Waals surface area (Å²) in [6.45, 7) is 0. The Bertz CT molecular complexity index is 534. The highest BCUT2D eigenvalue weighted by molar-refractivity contribution is 7.85. The van der Waals surface area contributed by atoms with Crippen LogP contribution in [-0.4, -0.2) is 31.9 Å². The van der Waals surface area contributed by atoms with E-state index in [1.807, 2.05) is 0 Å². The van der Waals surface area contributed by atoms with Crippen molar-refractivity contribution >= 4 is 21.5 Å². The van der Waals surface area contributed by atoms with Crippen LogP contribution >= 0.6 is 0 Å². The number of phenolic OH excluding ortho intramolecular Hbond substituents is 2. The standard InChI is InChI=1S/C6H6O8S2/c7-3-2-6(16(11,12)13)4(8)1-5(3)14-15(9)10/h1-2,7-8H,(H,9,10)(H,11,12,13)/p-2. The molecule has 1 aromatic rings. The molecule has 0 saturated heterocycles. The molecule has 90 valence electrons. The third-order valence-corrected chi connectivity index (χ3v) is 2.65. The van der Waals surface area contributed by atoms with Crippen molar-refractivity contribution in [3.63, 3.8) is 0 Å². The fourth-order valence-corrected chi connectivity index (χ4v) is 1.73. The lowest BCUT2D eigenvalue weighted by atomic mass is 10.3. The lowest BCUT2D eigenvalue weighted by Crippen LogP contribution is -2.01. The lowest BCUT2D eigenvalue weighted by molar-refractivity contribution is 0.397. The minimum absolute atomic E-state index is 0.389. The molecule has 0 saturated carbocycles. The van der Waals surface area contributed by atoms with Gasteiger partial charge in [-0.2, -0.15) is 0 Å². The first-order chi connectivity index (χ1) is 7.21. The van der Waals surface area contributed by atoms with Gasteiger partial charge in [-0.1, -0.05) is 0 Å². The van der Waals surface area contributed by atoms with E-state index in [-0.39, 0.29) is 0 Å². The van der Waals surface area contributed by atoms with Crippen LogP contribution in [-0.2, 0) is 21.5 Å². The molecular weight excluding hydrogens is 264 g/mol. The Labute approximate surface area is 92.3 Å². The molecule has 16 heavy (non-hydrogen) atoms. The molecule has 10 heteroatoms. The van der Waals surface area contributed by atoms with Gasteiger partial charge in [-0.3, -0.25) is 0 Å². The first-order valence-electron chi connectivity index (χ1n) is 3.51. The Morgan fingerprint density at radius 1 is 1.25 bits per heavy atom. The van der Waals surface area contributed by atoms with Gasteiger partial charge in [-0.25, -0.2) is 12.6 Å². The molecule has 1 aromatic carbocycles. The summed E-state index contributed by atoms with van der Waals surface area (Å²) in [6.07, 6.45) is 0. The van der Waals surface area contributed by atoms with Gasteiger partial charge in [-0.05, 0) is 0 Å². The van der Waals surface area contributed by atoms with Crippen molar-refractivity contribution in [2.24, 2.45) is 0 Å². The van der Waals surface area contributed by atoms with Crippen molar-refractivity contribution in [3.8, 4) is 17.2 Å². The average Bonchev–Trinajstić information content (AvgIpc) is 2.07. The van der Waals surface area contributed by atoms with E-state index in [9.17, 15) is 21.7 Å². The van der Waals surface area contributed by atoms with Crippen molar-refractivity contribution in [3.05, 3.63) is 12.1 Å². The zero-order chi connectivity index (χ0) is 12.5. The van der Waals surface area contributed by atoms with E-state index in [1.165, 1.54) is 0 Å². The van der Waals surface area contributed by atoms with Gasteiger partial charge in [0.1, 0.15) is 27.2 Å². The van der Waals surface area contributed by atoms with E-state index in [0.717, 1.165) is 0 Å². The molecule has 0 fully saturated rings. The van der Waals surface area contributed by atoms with E-state index < -0.39 is 43.6 Å². The molecule has 2 N–H and O–H groups in total. The molecule has 0 spiro atoms. The highest BCUT2D eigenvalue weighted by Gasteiger charge is 2.14. The van der Waals surface area contributed by atoms with Crippen molar-refractivity contribution in [2.45, 2.75) is 4.90 Å². The third kappa shape index (κ3) is 2.82. The summed E-state index contributed by atoms with van der Waals surface area (Å²) in [5.74, 6) is -2.62. The van der Waals surface area contributed by atoms with Gasteiger partial charge < -0.3 is 23.5 Å². The molecule has 0 bridgehead atoms. The molecule has 0 aliphatic rings. The highest BCUT2D eigenvalue weighted by Crippen LogP contribution is 2.35. The molecule has 0 radical (unpaired) electrons. The van der Waals surface area contributed by atoms with Crippen LogP contribution in [0.3, 0.4) is 0 Å². The predicted molar refractivity (Wildman–Crippen MR) is 47.3 cm³/mol. The summed E-state index contributed by atoms with van der Waals surface area (Å²) < 4.78 is 55.9. The number of benzene rings is 1. The molecule has 0 aliphatic carbocycles. The van der Waals surface area contributed by atoms with Crippen LogP contribution in [0.5, 0.6) is 17.2 Å². The van der Waals surface area contributed by atoms with Crippen LogP contribution < -0.4 is 4.18 Å². The second kappa shape index (κ2) is 4.25. The smallest absolute Gasteiger partial charge is 0.184 e. The largest absolute Gasteiger partial charge is 0.744 e. The maximum Gasteiger partial charge on any atom is 0.184 e. The maximum atomic E-state index is 10.6. The van der Waals surface area contributed by atoms with E-state index in [2.05, 4.69) is 4.18 Å². The Morgan fingerprint density at radius 3 is 2.25 bits per heavy atom. The molecule has 1 unspecified atom stereocenters. The summed E-state index contributed by atoms with van der Waals surface area (Å²) in [5, 5.41) is 18.2. The van der Waals surface area contributed by atoms with Crippen LogP contribution in [0.15, 0.2) is 17.0 Å². The van der Waals surface area contributed by atoms with Crippen LogP contribution in [0, 0.1) is 0 Å². The van der Waals surface area contributed by atoms with Crippen molar-refractivity contribution in [1.82, 2.24) is 0 Å². The summed E-state index contributed by atoms with van der Waals surface area (Å²) in [5.41, 5.74) is 0. The van der Waals surface area contributed by atoms with Gasteiger partial charge in [0, 0.05) is 12.1 Å². The van der Waals surface area contributed by atoms with E-state index in [4.69, 9.17) is 10.2 Å². The summed E-state index contributed by atoms with van der Waals surface area (Å²) >= 11 is -3.01. The molecule has 8 nitrogen and oxygen atoms in total. The van der Waals surface area contributed by atoms with Gasteiger partial charge in [0.25, 0.3) is 0 Å².